The molecular weight excluding hydrogens is 276 g/mol. The Kier molecular flexibility index (Phi) is 3.76. The Labute approximate surface area is 117 Å². The summed E-state index contributed by atoms with van der Waals surface area (Å²) in [5, 5.41) is 0. The Hall–Kier alpha value is -2.34. The lowest BCUT2D eigenvalue weighted by molar-refractivity contribution is 0.100. The van der Waals surface area contributed by atoms with E-state index in [-0.39, 0.29) is 4.90 Å². The van der Waals surface area contributed by atoms with Crippen LogP contribution in [0.5, 0.6) is 0 Å². The summed E-state index contributed by atoms with van der Waals surface area (Å²) in [5.41, 5.74) is 6.48. The number of anilines is 1. The number of hydrogen-bond donors (Lipinski definition) is 2. The fourth-order valence-electron chi connectivity index (χ4n) is 1.77. The molecule has 0 atom stereocenters. The third-order valence-electron chi connectivity index (χ3n) is 2.80. The molecule has 0 aliphatic rings. The van der Waals surface area contributed by atoms with Crippen LogP contribution in [-0.4, -0.2) is 14.3 Å². The molecule has 0 fully saturated rings. The van der Waals surface area contributed by atoms with Gasteiger partial charge in [0.15, 0.2) is 0 Å². The van der Waals surface area contributed by atoms with Crippen molar-refractivity contribution in [3.05, 3.63) is 59.7 Å². The molecule has 0 aliphatic carbocycles. The molecule has 2 aromatic carbocycles. The largest absolute Gasteiger partial charge is 0.366 e. The molecule has 0 bridgehead atoms. The average Bonchev–Trinajstić information content (AvgIpc) is 2.39. The van der Waals surface area contributed by atoms with E-state index < -0.39 is 15.9 Å². The molecule has 1 amide bonds. The van der Waals surface area contributed by atoms with Crippen LogP contribution in [0.25, 0.3) is 0 Å². The van der Waals surface area contributed by atoms with Crippen molar-refractivity contribution in [2.45, 2.75) is 11.8 Å². The number of aryl methyl sites for hydroxylation is 1. The van der Waals surface area contributed by atoms with Gasteiger partial charge in [0, 0.05) is 11.3 Å². The van der Waals surface area contributed by atoms with Crippen molar-refractivity contribution >= 4 is 21.6 Å². The molecule has 0 unspecified atom stereocenters. The van der Waals surface area contributed by atoms with E-state index in [0.29, 0.717) is 16.8 Å². The molecule has 0 saturated heterocycles. The Bertz CT molecular complexity index is 737. The monoisotopic (exact) mass is 290 g/mol. The number of amides is 1. The highest BCUT2D eigenvalue weighted by molar-refractivity contribution is 7.92. The van der Waals surface area contributed by atoms with Crippen molar-refractivity contribution in [3.8, 4) is 0 Å². The predicted molar refractivity (Wildman–Crippen MR) is 76.9 cm³/mol. The van der Waals surface area contributed by atoms with Crippen LogP contribution in [-0.2, 0) is 10.0 Å². The van der Waals surface area contributed by atoms with E-state index >= 15 is 0 Å². The third-order valence-corrected chi connectivity index (χ3v) is 4.35. The van der Waals surface area contributed by atoms with Gasteiger partial charge in [-0.2, -0.15) is 0 Å². The molecule has 104 valence electrons. The number of benzene rings is 2. The lowest BCUT2D eigenvalue weighted by atomic mass is 10.2. The number of rotatable bonds is 4. The average molecular weight is 290 g/mol. The van der Waals surface area contributed by atoms with Crippen molar-refractivity contribution in [2.24, 2.45) is 5.73 Å². The van der Waals surface area contributed by atoms with Gasteiger partial charge in [0.2, 0.25) is 5.91 Å². The molecule has 20 heavy (non-hydrogen) atoms. The fourth-order valence-corrected chi connectivity index (χ4v) is 3.08. The van der Waals surface area contributed by atoms with Crippen LogP contribution in [0.3, 0.4) is 0 Å². The van der Waals surface area contributed by atoms with Crippen LogP contribution in [0, 0.1) is 6.92 Å². The van der Waals surface area contributed by atoms with Gasteiger partial charge in [-0.15, -0.1) is 0 Å². The molecule has 0 heterocycles. The summed E-state index contributed by atoms with van der Waals surface area (Å²) in [6, 6.07) is 12.6. The van der Waals surface area contributed by atoms with Crippen molar-refractivity contribution < 1.29 is 13.2 Å². The van der Waals surface area contributed by atoms with Gasteiger partial charge in [0.05, 0.1) is 4.90 Å². The zero-order valence-corrected chi connectivity index (χ0v) is 11.6. The fraction of sp³-hybridized carbons (Fsp3) is 0.0714. The molecule has 6 heteroatoms. The topological polar surface area (TPSA) is 89.3 Å². The predicted octanol–water partition coefficient (Wildman–Crippen LogP) is 1.89. The maximum atomic E-state index is 12.2. The van der Waals surface area contributed by atoms with E-state index in [2.05, 4.69) is 4.72 Å². The SMILES string of the molecule is Cc1ccccc1S(=O)(=O)Nc1ccc(C(N)=O)cc1. The van der Waals surface area contributed by atoms with E-state index in [1.807, 2.05) is 0 Å². The van der Waals surface area contributed by atoms with Crippen LogP contribution < -0.4 is 10.5 Å². The van der Waals surface area contributed by atoms with Gasteiger partial charge in [-0.05, 0) is 42.8 Å². The van der Waals surface area contributed by atoms with E-state index in [1.54, 1.807) is 25.1 Å². The summed E-state index contributed by atoms with van der Waals surface area (Å²) in [6.45, 7) is 1.73. The molecule has 2 rings (SSSR count). The highest BCUT2D eigenvalue weighted by Crippen LogP contribution is 2.19. The highest BCUT2D eigenvalue weighted by atomic mass is 32.2. The molecule has 0 aliphatic heterocycles. The zero-order chi connectivity index (χ0) is 14.8. The molecule has 5 nitrogen and oxygen atoms in total. The maximum Gasteiger partial charge on any atom is 0.262 e. The summed E-state index contributed by atoms with van der Waals surface area (Å²) >= 11 is 0. The Balaban J connectivity index is 2.29. The van der Waals surface area contributed by atoms with Crippen molar-refractivity contribution in [1.82, 2.24) is 0 Å². The normalized spacial score (nSPS) is 11.1. The lowest BCUT2D eigenvalue weighted by Gasteiger charge is -2.10. The van der Waals surface area contributed by atoms with E-state index in [4.69, 9.17) is 5.73 Å². The number of hydrogen-bond acceptors (Lipinski definition) is 3. The maximum absolute atomic E-state index is 12.2. The smallest absolute Gasteiger partial charge is 0.262 e. The number of nitrogens with two attached hydrogens (primary N) is 1. The zero-order valence-electron chi connectivity index (χ0n) is 10.8. The number of carbonyl (C=O) groups is 1. The minimum atomic E-state index is -3.64. The number of nitrogens with one attached hydrogen (secondary N) is 1. The van der Waals surface area contributed by atoms with E-state index in [1.165, 1.54) is 30.3 Å². The second-order valence-electron chi connectivity index (χ2n) is 4.31. The minimum absolute atomic E-state index is 0.221. The summed E-state index contributed by atoms with van der Waals surface area (Å²) in [6.07, 6.45) is 0. The molecule has 0 radical (unpaired) electrons. The first-order valence-corrected chi connectivity index (χ1v) is 7.37. The van der Waals surface area contributed by atoms with Crippen molar-refractivity contribution in [1.29, 1.82) is 0 Å². The summed E-state index contributed by atoms with van der Waals surface area (Å²) < 4.78 is 26.9. The Morgan fingerprint density at radius 3 is 2.20 bits per heavy atom. The van der Waals surface area contributed by atoms with Crippen LogP contribution in [0.4, 0.5) is 5.69 Å². The number of carbonyl (C=O) groups excluding carboxylic acids is 1. The minimum Gasteiger partial charge on any atom is -0.366 e. The second kappa shape index (κ2) is 5.34. The first kappa shape index (κ1) is 14.1. The van der Waals surface area contributed by atoms with Crippen LogP contribution in [0.1, 0.15) is 15.9 Å². The van der Waals surface area contributed by atoms with Gasteiger partial charge in [-0.1, -0.05) is 18.2 Å². The van der Waals surface area contributed by atoms with Crippen LogP contribution in [0.15, 0.2) is 53.4 Å². The molecule has 0 aromatic heterocycles. The Morgan fingerprint density at radius 1 is 1.05 bits per heavy atom. The molecular formula is C14H14N2O3S. The molecule has 0 saturated carbocycles. The van der Waals surface area contributed by atoms with E-state index in [9.17, 15) is 13.2 Å². The molecule has 2 aromatic rings. The van der Waals surface area contributed by atoms with Crippen molar-refractivity contribution in [2.75, 3.05) is 4.72 Å². The quantitative estimate of drug-likeness (QED) is 0.901. The van der Waals surface area contributed by atoms with Gasteiger partial charge in [0.25, 0.3) is 10.0 Å². The molecule has 0 spiro atoms. The first-order valence-electron chi connectivity index (χ1n) is 5.88. The van der Waals surface area contributed by atoms with Gasteiger partial charge in [-0.3, -0.25) is 9.52 Å². The highest BCUT2D eigenvalue weighted by Gasteiger charge is 2.16. The number of primary amides is 1. The second-order valence-corrected chi connectivity index (χ2v) is 5.96. The summed E-state index contributed by atoms with van der Waals surface area (Å²) in [7, 11) is -3.64. The Morgan fingerprint density at radius 2 is 1.65 bits per heavy atom. The first-order chi connectivity index (χ1) is 9.40. The third kappa shape index (κ3) is 2.97. The summed E-state index contributed by atoms with van der Waals surface area (Å²) in [4.78, 5) is 11.2. The molecule has 3 N–H and O–H groups in total. The standard InChI is InChI=1S/C14H14N2O3S/c1-10-4-2-3-5-13(10)20(18,19)16-12-8-6-11(7-9-12)14(15)17/h2-9,16H,1H3,(H2,15,17). The van der Waals surface area contributed by atoms with Gasteiger partial charge >= 0.3 is 0 Å². The van der Waals surface area contributed by atoms with Crippen LogP contribution in [0.2, 0.25) is 0 Å². The van der Waals surface area contributed by atoms with Gasteiger partial charge < -0.3 is 5.73 Å². The van der Waals surface area contributed by atoms with Crippen LogP contribution >= 0.6 is 0 Å². The summed E-state index contributed by atoms with van der Waals surface area (Å²) in [5.74, 6) is -0.557. The number of sulfonamides is 1. The van der Waals surface area contributed by atoms with Gasteiger partial charge in [0.1, 0.15) is 0 Å². The lowest BCUT2D eigenvalue weighted by Crippen LogP contribution is -2.15. The van der Waals surface area contributed by atoms with Crippen molar-refractivity contribution in [3.63, 3.8) is 0 Å². The van der Waals surface area contributed by atoms with E-state index in [0.717, 1.165) is 0 Å². The van der Waals surface area contributed by atoms with Gasteiger partial charge in [-0.25, -0.2) is 8.42 Å².